The molecule has 0 aliphatic carbocycles. The lowest BCUT2D eigenvalue weighted by Gasteiger charge is -2.19. The van der Waals surface area contributed by atoms with E-state index in [1.807, 2.05) is 18.0 Å². The predicted molar refractivity (Wildman–Crippen MR) is 61.6 cm³/mol. The van der Waals surface area contributed by atoms with Crippen molar-refractivity contribution in [2.24, 2.45) is 0 Å². The zero-order valence-electron chi connectivity index (χ0n) is 8.96. The summed E-state index contributed by atoms with van der Waals surface area (Å²) in [7, 11) is 3.36. The molecule has 15 heavy (non-hydrogen) atoms. The second-order valence-corrected chi connectivity index (χ2v) is 3.66. The lowest BCUT2D eigenvalue weighted by atomic mass is 10.2. The van der Waals surface area contributed by atoms with Gasteiger partial charge in [0.25, 0.3) is 0 Å². The van der Waals surface area contributed by atoms with E-state index in [-0.39, 0.29) is 11.6 Å². The number of ether oxygens (including phenoxy) is 1. The maximum Gasteiger partial charge on any atom is 0.167 e. The van der Waals surface area contributed by atoms with Gasteiger partial charge in [-0.1, -0.05) is 0 Å². The third kappa shape index (κ3) is 3.27. The SMILES string of the molecule is COc1ccc(N(C)CCCCl)cc1F. The van der Waals surface area contributed by atoms with E-state index in [0.29, 0.717) is 5.88 Å². The summed E-state index contributed by atoms with van der Waals surface area (Å²) in [5, 5.41) is 0. The standard InChI is InChI=1S/C11H15ClFNO/c1-14(7-3-6-12)9-4-5-11(15-2)10(13)8-9/h4-5,8H,3,6-7H2,1-2H3. The molecule has 84 valence electrons. The molecule has 0 bridgehead atoms. The van der Waals surface area contributed by atoms with E-state index in [0.717, 1.165) is 18.7 Å². The quantitative estimate of drug-likeness (QED) is 0.723. The summed E-state index contributed by atoms with van der Waals surface area (Å²) < 4.78 is 18.2. The molecule has 0 aliphatic heterocycles. The molecular weight excluding hydrogens is 217 g/mol. The molecule has 0 unspecified atom stereocenters. The molecule has 0 N–H and O–H groups in total. The molecule has 0 radical (unpaired) electrons. The van der Waals surface area contributed by atoms with Crippen molar-refractivity contribution in [1.29, 1.82) is 0 Å². The molecular formula is C11H15ClFNO. The number of nitrogens with zero attached hydrogens (tertiary/aromatic N) is 1. The number of alkyl halides is 1. The van der Waals surface area contributed by atoms with E-state index in [1.54, 1.807) is 6.07 Å². The summed E-state index contributed by atoms with van der Waals surface area (Å²) in [6, 6.07) is 4.92. The van der Waals surface area contributed by atoms with Crippen molar-refractivity contribution in [1.82, 2.24) is 0 Å². The van der Waals surface area contributed by atoms with Gasteiger partial charge in [0.1, 0.15) is 0 Å². The Bertz CT molecular complexity index is 319. The average Bonchev–Trinajstić information content (AvgIpc) is 2.25. The third-order valence-electron chi connectivity index (χ3n) is 2.20. The summed E-state index contributed by atoms with van der Waals surface area (Å²) in [5.74, 6) is 0.542. The molecule has 0 heterocycles. The van der Waals surface area contributed by atoms with Crippen molar-refractivity contribution >= 4 is 17.3 Å². The molecule has 1 aromatic rings. The minimum absolute atomic E-state index is 0.268. The van der Waals surface area contributed by atoms with Crippen LogP contribution in [0.4, 0.5) is 10.1 Å². The third-order valence-corrected chi connectivity index (χ3v) is 2.47. The van der Waals surface area contributed by atoms with Crippen LogP contribution < -0.4 is 9.64 Å². The topological polar surface area (TPSA) is 12.5 Å². The number of halogens is 2. The molecule has 0 spiro atoms. The molecule has 0 amide bonds. The summed E-state index contributed by atoms with van der Waals surface area (Å²) in [6.45, 7) is 0.815. The number of rotatable bonds is 5. The van der Waals surface area contributed by atoms with Gasteiger partial charge < -0.3 is 9.64 Å². The van der Waals surface area contributed by atoms with Gasteiger partial charge in [-0.25, -0.2) is 4.39 Å². The van der Waals surface area contributed by atoms with Crippen LogP contribution in [0, 0.1) is 5.82 Å². The molecule has 0 aromatic heterocycles. The highest BCUT2D eigenvalue weighted by molar-refractivity contribution is 6.17. The van der Waals surface area contributed by atoms with Crippen LogP contribution in [0.15, 0.2) is 18.2 Å². The summed E-state index contributed by atoms with van der Waals surface area (Å²) >= 11 is 5.59. The summed E-state index contributed by atoms with van der Waals surface area (Å²) in [4.78, 5) is 1.96. The molecule has 1 aromatic carbocycles. The van der Waals surface area contributed by atoms with Gasteiger partial charge in [-0.2, -0.15) is 0 Å². The van der Waals surface area contributed by atoms with Crippen molar-refractivity contribution in [3.8, 4) is 5.75 Å². The summed E-state index contributed by atoms with van der Waals surface area (Å²) in [5.41, 5.74) is 0.832. The number of methoxy groups -OCH3 is 1. The molecule has 1 rings (SSSR count). The lowest BCUT2D eigenvalue weighted by Crippen LogP contribution is -2.18. The van der Waals surface area contributed by atoms with Crippen molar-refractivity contribution in [3.05, 3.63) is 24.0 Å². The smallest absolute Gasteiger partial charge is 0.167 e. The Kier molecular flexibility index (Phi) is 4.69. The van der Waals surface area contributed by atoms with Crippen LogP contribution in [0.1, 0.15) is 6.42 Å². The van der Waals surface area contributed by atoms with Gasteiger partial charge in [0.15, 0.2) is 11.6 Å². The molecule has 0 aliphatic rings. The number of benzene rings is 1. The van der Waals surface area contributed by atoms with Gasteiger partial charge >= 0.3 is 0 Å². The van der Waals surface area contributed by atoms with Crippen LogP contribution in [0.3, 0.4) is 0 Å². The van der Waals surface area contributed by atoms with Crippen molar-refractivity contribution in [2.45, 2.75) is 6.42 Å². The van der Waals surface area contributed by atoms with E-state index in [4.69, 9.17) is 16.3 Å². The zero-order chi connectivity index (χ0) is 11.3. The van der Waals surface area contributed by atoms with Crippen LogP contribution in [0.25, 0.3) is 0 Å². The van der Waals surface area contributed by atoms with Crippen LogP contribution >= 0.6 is 11.6 Å². The minimum atomic E-state index is -0.340. The summed E-state index contributed by atoms with van der Waals surface area (Å²) in [6.07, 6.45) is 0.881. The van der Waals surface area contributed by atoms with E-state index in [9.17, 15) is 4.39 Å². The van der Waals surface area contributed by atoms with Gasteiger partial charge in [-0.05, 0) is 18.6 Å². The van der Waals surface area contributed by atoms with Crippen molar-refractivity contribution in [3.63, 3.8) is 0 Å². The van der Waals surface area contributed by atoms with E-state index >= 15 is 0 Å². The van der Waals surface area contributed by atoms with Gasteiger partial charge in [-0.15, -0.1) is 11.6 Å². The van der Waals surface area contributed by atoms with Crippen molar-refractivity contribution in [2.75, 3.05) is 31.5 Å². The Balaban J connectivity index is 2.73. The Hall–Kier alpha value is -0.960. The average molecular weight is 232 g/mol. The second-order valence-electron chi connectivity index (χ2n) is 3.28. The highest BCUT2D eigenvalue weighted by atomic mass is 35.5. The van der Waals surface area contributed by atoms with Gasteiger partial charge in [0, 0.05) is 31.2 Å². The molecule has 0 atom stereocenters. The number of anilines is 1. The Morgan fingerprint density at radius 1 is 1.47 bits per heavy atom. The highest BCUT2D eigenvalue weighted by Crippen LogP contribution is 2.22. The minimum Gasteiger partial charge on any atom is -0.494 e. The number of hydrogen-bond donors (Lipinski definition) is 0. The van der Waals surface area contributed by atoms with Crippen LogP contribution in [0.5, 0.6) is 5.75 Å². The van der Waals surface area contributed by atoms with Crippen LogP contribution in [-0.2, 0) is 0 Å². The molecule has 0 saturated carbocycles. The van der Waals surface area contributed by atoms with Gasteiger partial charge in [0.2, 0.25) is 0 Å². The van der Waals surface area contributed by atoms with E-state index < -0.39 is 0 Å². The highest BCUT2D eigenvalue weighted by Gasteiger charge is 2.06. The first-order valence-electron chi connectivity index (χ1n) is 4.79. The monoisotopic (exact) mass is 231 g/mol. The largest absolute Gasteiger partial charge is 0.494 e. The first-order valence-corrected chi connectivity index (χ1v) is 5.33. The first-order chi connectivity index (χ1) is 7.19. The van der Waals surface area contributed by atoms with Gasteiger partial charge in [-0.3, -0.25) is 0 Å². The van der Waals surface area contributed by atoms with Crippen molar-refractivity contribution < 1.29 is 9.13 Å². The maximum absolute atomic E-state index is 13.4. The fourth-order valence-corrected chi connectivity index (χ4v) is 1.44. The molecule has 4 heteroatoms. The Morgan fingerprint density at radius 2 is 2.20 bits per heavy atom. The molecule has 2 nitrogen and oxygen atoms in total. The first kappa shape index (κ1) is 12.1. The Morgan fingerprint density at radius 3 is 2.73 bits per heavy atom. The van der Waals surface area contributed by atoms with Crippen LogP contribution in [-0.4, -0.2) is 26.6 Å². The maximum atomic E-state index is 13.4. The second kappa shape index (κ2) is 5.81. The fraction of sp³-hybridized carbons (Fsp3) is 0.455. The normalized spacial score (nSPS) is 10.1. The fourth-order valence-electron chi connectivity index (χ4n) is 1.32. The number of hydrogen-bond acceptors (Lipinski definition) is 2. The van der Waals surface area contributed by atoms with Crippen LogP contribution in [0.2, 0.25) is 0 Å². The molecule has 0 saturated heterocycles. The zero-order valence-corrected chi connectivity index (χ0v) is 9.72. The van der Waals surface area contributed by atoms with E-state index in [2.05, 4.69) is 0 Å². The van der Waals surface area contributed by atoms with E-state index in [1.165, 1.54) is 13.2 Å². The Labute approximate surface area is 94.6 Å². The predicted octanol–water partition coefficient (Wildman–Crippen LogP) is 2.90. The molecule has 0 fully saturated rings. The van der Waals surface area contributed by atoms with Gasteiger partial charge in [0.05, 0.1) is 7.11 Å². The lowest BCUT2D eigenvalue weighted by molar-refractivity contribution is 0.386.